The van der Waals surface area contributed by atoms with Crippen LogP contribution in [0.15, 0.2) is 34.9 Å². The van der Waals surface area contributed by atoms with E-state index in [1.807, 2.05) is 0 Å². The van der Waals surface area contributed by atoms with Crippen molar-refractivity contribution < 1.29 is 0 Å². The van der Waals surface area contributed by atoms with E-state index in [-0.39, 0.29) is 6.04 Å². The molecule has 94 valence electrons. The van der Waals surface area contributed by atoms with Gasteiger partial charge in [0.15, 0.2) is 4.34 Å². The number of benzene rings is 1. The molecule has 2 N–H and O–H groups in total. The number of nitrogens with zero attached hydrogens (tertiary/aromatic N) is 2. The minimum absolute atomic E-state index is 0.0950. The molecule has 1 aromatic heterocycles. The first-order valence-electron chi connectivity index (χ1n) is 6.11. The van der Waals surface area contributed by atoms with Crippen molar-refractivity contribution in [3.63, 3.8) is 0 Å². The van der Waals surface area contributed by atoms with Crippen LogP contribution in [0.3, 0.4) is 0 Å². The maximum atomic E-state index is 6.44. The van der Waals surface area contributed by atoms with E-state index in [0.717, 1.165) is 17.2 Å². The van der Waals surface area contributed by atoms with Crippen LogP contribution in [0.5, 0.6) is 0 Å². The van der Waals surface area contributed by atoms with Crippen LogP contribution in [-0.2, 0) is 6.42 Å². The highest BCUT2D eigenvalue weighted by molar-refractivity contribution is 8.01. The van der Waals surface area contributed by atoms with E-state index in [1.54, 1.807) is 18.1 Å². The van der Waals surface area contributed by atoms with Crippen LogP contribution in [0.2, 0.25) is 0 Å². The lowest BCUT2D eigenvalue weighted by molar-refractivity contribution is 0.632. The third kappa shape index (κ3) is 2.43. The van der Waals surface area contributed by atoms with Crippen molar-refractivity contribution in [3.05, 3.63) is 41.7 Å². The Kier molecular flexibility index (Phi) is 3.63. The molecule has 2 unspecified atom stereocenters. The van der Waals surface area contributed by atoms with Gasteiger partial charge >= 0.3 is 0 Å². The molecule has 0 saturated carbocycles. The van der Waals surface area contributed by atoms with Crippen LogP contribution in [-0.4, -0.2) is 14.6 Å². The highest BCUT2D eigenvalue weighted by Gasteiger charge is 2.26. The number of nitrogens with two attached hydrogens (primary N) is 1. The van der Waals surface area contributed by atoms with Gasteiger partial charge in [0.25, 0.3) is 0 Å². The van der Waals surface area contributed by atoms with Crippen LogP contribution in [0, 0.1) is 0 Å². The van der Waals surface area contributed by atoms with Gasteiger partial charge in [-0.25, -0.2) is 4.98 Å². The maximum absolute atomic E-state index is 6.44. The van der Waals surface area contributed by atoms with Gasteiger partial charge < -0.3 is 5.73 Å². The average molecular weight is 277 g/mol. The fourth-order valence-electron chi connectivity index (χ4n) is 2.44. The molecule has 0 bridgehead atoms. The van der Waals surface area contributed by atoms with E-state index in [2.05, 4.69) is 33.6 Å². The summed E-state index contributed by atoms with van der Waals surface area (Å²) < 4.78 is 5.07. The molecule has 0 radical (unpaired) electrons. The monoisotopic (exact) mass is 277 g/mol. The van der Waals surface area contributed by atoms with Crippen molar-refractivity contribution in [1.82, 2.24) is 9.36 Å². The van der Waals surface area contributed by atoms with Crippen molar-refractivity contribution in [2.75, 3.05) is 0 Å². The molecule has 1 aliphatic carbocycles. The zero-order valence-electron chi connectivity index (χ0n) is 9.95. The lowest BCUT2D eigenvalue weighted by atomic mass is 10.00. The van der Waals surface area contributed by atoms with Gasteiger partial charge in [-0.1, -0.05) is 36.0 Å². The van der Waals surface area contributed by atoms with Crippen LogP contribution < -0.4 is 5.73 Å². The van der Waals surface area contributed by atoms with E-state index in [1.165, 1.54) is 29.1 Å². The molecule has 3 nitrogen and oxygen atoms in total. The van der Waals surface area contributed by atoms with E-state index in [0.29, 0.717) is 5.25 Å². The number of rotatable bonds is 2. The minimum Gasteiger partial charge on any atom is -0.323 e. The van der Waals surface area contributed by atoms with Crippen LogP contribution in [0.4, 0.5) is 0 Å². The first-order valence-corrected chi connectivity index (χ1v) is 7.76. The zero-order valence-corrected chi connectivity index (χ0v) is 11.6. The smallest absolute Gasteiger partial charge is 0.170 e. The predicted molar refractivity (Wildman–Crippen MR) is 75.9 cm³/mol. The second kappa shape index (κ2) is 5.38. The molecule has 0 amide bonds. The van der Waals surface area contributed by atoms with E-state index in [9.17, 15) is 0 Å². The Bertz CT molecular complexity index is 513. The fraction of sp³-hybridized carbons (Fsp3) is 0.385. The topological polar surface area (TPSA) is 51.8 Å². The van der Waals surface area contributed by atoms with Gasteiger partial charge in [-0.05, 0) is 41.9 Å². The lowest BCUT2D eigenvalue weighted by Gasteiger charge is -2.21. The van der Waals surface area contributed by atoms with Crippen LogP contribution in [0.1, 0.15) is 30.0 Å². The number of hydrogen-bond acceptors (Lipinski definition) is 5. The number of aryl methyl sites for hydroxylation is 1. The van der Waals surface area contributed by atoms with Gasteiger partial charge in [-0.2, -0.15) is 4.37 Å². The average Bonchev–Trinajstić information content (AvgIpc) is 2.85. The van der Waals surface area contributed by atoms with E-state index in [4.69, 9.17) is 5.73 Å². The largest absolute Gasteiger partial charge is 0.323 e. The van der Waals surface area contributed by atoms with Gasteiger partial charge in [0, 0.05) is 11.3 Å². The summed E-state index contributed by atoms with van der Waals surface area (Å²) in [6, 6.07) is 8.64. The molecular weight excluding hydrogens is 262 g/mol. The SMILES string of the molecule is NC1c2ccccc2CCCC1Sc1ncns1. The molecule has 2 aromatic rings. The Labute approximate surface area is 115 Å². The Morgan fingerprint density at radius 2 is 2.22 bits per heavy atom. The summed E-state index contributed by atoms with van der Waals surface area (Å²) in [5, 5.41) is 0.404. The predicted octanol–water partition coefficient (Wildman–Crippen LogP) is 3.04. The molecule has 5 heteroatoms. The van der Waals surface area contributed by atoms with Crippen molar-refractivity contribution in [1.29, 1.82) is 0 Å². The molecule has 0 spiro atoms. The van der Waals surface area contributed by atoms with Gasteiger partial charge in [-0.3, -0.25) is 0 Å². The Morgan fingerprint density at radius 3 is 3.06 bits per heavy atom. The molecule has 1 aromatic carbocycles. The van der Waals surface area contributed by atoms with Crippen molar-refractivity contribution >= 4 is 23.3 Å². The number of thioether (sulfide) groups is 1. The first-order chi connectivity index (χ1) is 8.84. The molecule has 0 fully saturated rings. The molecule has 2 atom stereocenters. The number of fused-ring (bicyclic) bond motifs is 1. The zero-order chi connectivity index (χ0) is 12.4. The third-order valence-corrected chi connectivity index (χ3v) is 5.46. The maximum Gasteiger partial charge on any atom is 0.170 e. The second-order valence-electron chi connectivity index (χ2n) is 4.48. The van der Waals surface area contributed by atoms with Crippen molar-refractivity contribution in [2.24, 2.45) is 5.73 Å². The number of aromatic nitrogens is 2. The molecule has 1 heterocycles. The summed E-state index contributed by atoms with van der Waals surface area (Å²) in [5.74, 6) is 0. The summed E-state index contributed by atoms with van der Waals surface area (Å²) in [6.07, 6.45) is 5.08. The summed E-state index contributed by atoms with van der Waals surface area (Å²) in [7, 11) is 0. The highest BCUT2D eigenvalue weighted by Crippen LogP contribution is 2.37. The van der Waals surface area contributed by atoms with Gasteiger partial charge in [-0.15, -0.1) is 0 Å². The molecule has 1 aliphatic rings. The Balaban J connectivity index is 1.85. The van der Waals surface area contributed by atoms with Gasteiger partial charge in [0.2, 0.25) is 0 Å². The molecule has 0 aliphatic heterocycles. The minimum atomic E-state index is 0.0950. The quantitative estimate of drug-likeness (QED) is 0.857. The fourth-order valence-corrected chi connectivity index (χ4v) is 4.33. The van der Waals surface area contributed by atoms with Crippen LogP contribution >= 0.6 is 23.3 Å². The summed E-state index contributed by atoms with van der Waals surface area (Å²) >= 11 is 3.23. The standard InChI is InChI=1S/C13H15N3S2/c14-12-10-6-2-1-4-9(10)5-3-7-11(12)17-13-15-8-16-18-13/h1-2,4,6,8,11-12H,3,5,7,14H2. The van der Waals surface area contributed by atoms with Crippen molar-refractivity contribution in [3.8, 4) is 0 Å². The van der Waals surface area contributed by atoms with Gasteiger partial charge in [0.1, 0.15) is 6.33 Å². The highest BCUT2D eigenvalue weighted by atomic mass is 32.2. The molecule has 3 rings (SSSR count). The lowest BCUT2D eigenvalue weighted by Crippen LogP contribution is -2.23. The number of hydrogen-bond donors (Lipinski definition) is 1. The van der Waals surface area contributed by atoms with E-state index >= 15 is 0 Å². The molecular formula is C13H15N3S2. The van der Waals surface area contributed by atoms with Gasteiger partial charge in [0.05, 0.1) is 0 Å². The van der Waals surface area contributed by atoms with Crippen LogP contribution in [0.25, 0.3) is 0 Å². The summed E-state index contributed by atoms with van der Waals surface area (Å²) in [4.78, 5) is 4.25. The molecule has 0 saturated heterocycles. The Morgan fingerprint density at radius 1 is 1.33 bits per heavy atom. The van der Waals surface area contributed by atoms with E-state index < -0.39 is 0 Å². The molecule has 18 heavy (non-hydrogen) atoms. The van der Waals surface area contributed by atoms with Crippen molar-refractivity contribution in [2.45, 2.75) is 34.9 Å². The summed E-state index contributed by atoms with van der Waals surface area (Å²) in [6.45, 7) is 0. The third-order valence-electron chi connectivity index (χ3n) is 3.34. The Hall–Kier alpha value is -0.910. The first kappa shape index (κ1) is 12.1. The normalized spacial score (nSPS) is 23.4. The summed E-state index contributed by atoms with van der Waals surface area (Å²) in [5.41, 5.74) is 9.15. The second-order valence-corrected chi connectivity index (χ2v) is 6.75.